The van der Waals surface area contributed by atoms with E-state index in [1.54, 1.807) is 4.90 Å². The molecule has 1 aromatic rings. The first-order valence-electron chi connectivity index (χ1n) is 10.0. The highest BCUT2D eigenvalue weighted by Crippen LogP contribution is 2.27. The van der Waals surface area contributed by atoms with Crippen LogP contribution in [0.2, 0.25) is 0 Å². The Morgan fingerprint density at radius 2 is 1.87 bits per heavy atom. The molecule has 0 aromatic heterocycles. The van der Waals surface area contributed by atoms with Gasteiger partial charge in [-0.25, -0.2) is 0 Å². The number of rotatable bonds is 8. The molecule has 3 rings (SSSR count). The molecule has 2 aliphatic rings. The predicted molar refractivity (Wildman–Crippen MR) is 107 cm³/mol. The van der Waals surface area contributed by atoms with Crippen LogP contribution in [0, 0.1) is 10.1 Å². The summed E-state index contributed by atoms with van der Waals surface area (Å²) in [5.74, 6) is -1.35. The lowest BCUT2D eigenvalue weighted by atomic mass is 10.0. The summed E-state index contributed by atoms with van der Waals surface area (Å²) in [6.07, 6.45) is 1.72. The number of non-ortho nitro benzene ring substituents is 1. The second-order valence-electron chi connectivity index (χ2n) is 7.51. The van der Waals surface area contributed by atoms with E-state index in [0.29, 0.717) is 25.9 Å². The van der Waals surface area contributed by atoms with Crippen LogP contribution >= 0.6 is 0 Å². The molecular formula is C20H24N4O7. The van der Waals surface area contributed by atoms with E-state index >= 15 is 0 Å². The largest absolute Gasteiger partial charge is 0.375 e. The highest BCUT2D eigenvalue weighted by molar-refractivity contribution is 6.21. The summed E-state index contributed by atoms with van der Waals surface area (Å²) in [4.78, 5) is 61.9. The molecule has 1 fully saturated rings. The number of nitro benzene ring substituents is 1. The van der Waals surface area contributed by atoms with Crippen LogP contribution in [-0.4, -0.2) is 77.7 Å². The average Bonchev–Trinajstić information content (AvgIpc) is 2.98. The van der Waals surface area contributed by atoms with Gasteiger partial charge < -0.3 is 15.0 Å². The average molecular weight is 432 g/mol. The number of nitrogens with one attached hydrogen (secondary N) is 1. The number of likely N-dealkylation sites (tertiary alicyclic amines) is 1. The Labute approximate surface area is 178 Å². The molecule has 0 atom stereocenters. The number of carbonyl (C=O) groups excluding carboxylic acids is 4. The summed E-state index contributed by atoms with van der Waals surface area (Å²) in [6, 6.07) is 3.55. The van der Waals surface area contributed by atoms with Crippen LogP contribution in [0.15, 0.2) is 18.2 Å². The number of carbonyl (C=O) groups is 4. The third kappa shape index (κ3) is 5.05. The van der Waals surface area contributed by atoms with Crippen molar-refractivity contribution in [3.8, 4) is 0 Å². The number of nitro groups is 1. The fraction of sp³-hybridized carbons (Fsp3) is 0.500. The number of ether oxygens (including phenoxy) is 1. The molecular weight excluding hydrogens is 408 g/mol. The lowest BCUT2D eigenvalue weighted by Gasteiger charge is -2.32. The van der Waals surface area contributed by atoms with E-state index in [-0.39, 0.29) is 60.7 Å². The molecule has 0 bridgehead atoms. The van der Waals surface area contributed by atoms with Gasteiger partial charge in [-0.1, -0.05) is 0 Å². The van der Waals surface area contributed by atoms with E-state index in [2.05, 4.69) is 5.32 Å². The van der Waals surface area contributed by atoms with Crippen LogP contribution in [0.3, 0.4) is 0 Å². The van der Waals surface area contributed by atoms with Crippen molar-refractivity contribution in [1.29, 1.82) is 0 Å². The van der Waals surface area contributed by atoms with E-state index in [1.807, 2.05) is 0 Å². The summed E-state index contributed by atoms with van der Waals surface area (Å²) < 4.78 is 4.84. The number of amides is 4. The third-order valence-corrected chi connectivity index (χ3v) is 5.43. The number of hydrogen-bond donors (Lipinski definition) is 1. The third-order valence-electron chi connectivity index (χ3n) is 5.43. The molecule has 1 N–H and O–H groups in total. The van der Waals surface area contributed by atoms with Crippen LogP contribution in [0.4, 0.5) is 5.69 Å². The molecule has 0 saturated carbocycles. The molecule has 0 radical (unpaired) electrons. The number of imide groups is 1. The second-order valence-corrected chi connectivity index (χ2v) is 7.51. The molecule has 2 heterocycles. The first-order chi connectivity index (χ1) is 14.8. The van der Waals surface area contributed by atoms with Gasteiger partial charge in [0.2, 0.25) is 11.8 Å². The van der Waals surface area contributed by atoms with E-state index in [0.717, 1.165) is 11.0 Å². The Hall–Kier alpha value is -3.34. The first kappa shape index (κ1) is 22.3. The van der Waals surface area contributed by atoms with Crippen molar-refractivity contribution < 1.29 is 28.8 Å². The van der Waals surface area contributed by atoms with Gasteiger partial charge in [-0.05, 0) is 25.3 Å². The van der Waals surface area contributed by atoms with Gasteiger partial charge in [-0.2, -0.15) is 0 Å². The van der Waals surface area contributed by atoms with E-state index in [1.165, 1.54) is 19.2 Å². The number of hydrogen-bond acceptors (Lipinski definition) is 7. The van der Waals surface area contributed by atoms with E-state index < -0.39 is 16.7 Å². The smallest absolute Gasteiger partial charge is 0.270 e. The minimum Gasteiger partial charge on any atom is -0.375 e. The molecule has 31 heavy (non-hydrogen) atoms. The highest BCUT2D eigenvalue weighted by atomic mass is 16.6. The van der Waals surface area contributed by atoms with Crippen LogP contribution in [0.5, 0.6) is 0 Å². The summed E-state index contributed by atoms with van der Waals surface area (Å²) in [7, 11) is 1.47. The standard InChI is InChI=1S/C20H24N4O7/c1-31-12-18(26)22-9-6-13(7-10-22)21-17(25)3-2-8-23-19(27)15-5-4-14(24(29)30)11-16(15)20(23)28/h4-5,11,13H,2-3,6-10,12H2,1H3,(H,21,25). The second kappa shape index (κ2) is 9.65. The predicted octanol–water partition coefficient (Wildman–Crippen LogP) is 0.725. The Bertz CT molecular complexity index is 909. The number of methoxy groups -OCH3 is 1. The van der Waals surface area contributed by atoms with Crippen LogP contribution in [-0.2, 0) is 14.3 Å². The van der Waals surface area contributed by atoms with Crippen molar-refractivity contribution in [2.75, 3.05) is 33.4 Å². The Morgan fingerprint density at radius 1 is 1.19 bits per heavy atom. The molecule has 1 aromatic carbocycles. The summed E-state index contributed by atoms with van der Waals surface area (Å²) in [6.45, 7) is 1.20. The number of fused-ring (bicyclic) bond motifs is 1. The number of benzene rings is 1. The van der Waals surface area contributed by atoms with Gasteiger partial charge in [-0.15, -0.1) is 0 Å². The molecule has 11 heteroatoms. The normalized spacial score (nSPS) is 16.4. The molecule has 0 aliphatic carbocycles. The van der Waals surface area contributed by atoms with Gasteiger partial charge in [0.05, 0.1) is 16.1 Å². The fourth-order valence-corrected chi connectivity index (χ4v) is 3.78. The Morgan fingerprint density at radius 3 is 2.52 bits per heavy atom. The zero-order valence-corrected chi connectivity index (χ0v) is 17.2. The monoisotopic (exact) mass is 432 g/mol. The Kier molecular flexibility index (Phi) is 6.95. The molecule has 4 amide bonds. The van der Waals surface area contributed by atoms with Gasteiger partial charge in [0.15, 0.2) is 0 Å². The van der Waals surface area contributed by atoms with Crippen molar-refractivity contribution in [3.05, 3.63) is 39.4 Å². The van der Waals surface area contributed by atoms with E-state index in [9.17, 15) is 29.3 Å². The van der Waals surface area contributed by atoms with Gasteiger partial charge in [0.25, 0.3) is 17.5 Å². The van der Waals surface area contributed by atoms with Crippen LogP contribution < -0.4 is 5.32 Å². The molecule has 1 saturated heterocycles. The quantitative estimate of drug-likeness (QED) is 0.363. The summed E-state index contributed by atoms with van der Waals surface area (Å²) >= 11 is 0. The topological polar surface area (TPSA) is 139 Å². The number of nitrogens with zero attached hydrogens (tertiary/aromatic N) is 3. The van der Waals surface area contributed by atoms with E-state index in [4.69, 9.17) is 4.74 Å². The lowest BCUT2D eigenvalue weighted by molar-refractivity contribution is -0.384. The first-order valence-corrected chi connectivity index (χ1v) is 10.0. The molecule has 0 unspecified atom stereocenters. The van der Waals surface area contributed by atoms with Crippen molar-refractivity contribution >= 4 is 29.3 Å². The maximum absolute atomic E-state index is 12.4. The lowest BCUT2D eigenvalue weighted by Crippen LogP contribution is -2.47. The van der Waals surface area contributed by atoms with Crippen molar-refractivity contribution in [1.82, 2.24) is 15.1 Å². The zero-order chi connectivity index (χ0) is 22.5. The molecule has 0 spiro atoms. The Balaban J connectivity index is 1.44. The summed E-state index contributed by atoms with van der Waals surface area (Å²) in [5, 5.41) is 13.8. The molecule has 11 nitrogen and oxygen atoms in total. The fourth-order valence-electron chi connectivity index (χ4n) is 3.78. The minimum absolute atomic E-state index is 0.0124. The van der Waals surface area contributed by atoms with Crippen LogP contribution in [0.1, 0.15) is 46.4 Å². The maximum Gasteiger partial charge on any atom is 0.270 e. The van der Waals surface area contributed by atoms with Crippen molar-refractivity contribution in [3.63, 3.8) is 0 Å². The zero-order valence-electron chi connectivity index (χ0n) is 17.2. The van der Waals surface area contributed by atoms with Gasteiger partial charge in [0.1, 0.15) is 6.61 Å². The highest BCUT2D eigenvalue weighted by Gasteiger charge is 2.36. The van der Waals surface area contributed by atoms with Gasteiger partial charge in [0, 0.05) is 51.3 Å². The van der Waals surface area contributed by atoms with Crippen molar-refractivity contribution in [2.24, 2.45) is 0 Å². The minimum atomic E-state index is -0.622. The number of piperidine rings is 1. The summed E-state index contributed by atoms with van der Waals surface area (Å²) in [5.41, 5.74) is -0.107. The molecule has 166 valence electrons. The SMILES string of the molecule is COCC(=O)N1CCC(NC(=O)CCCN2C(=O)c3ccc([N+](=O)[O-])cc3C2=O)CC1. The van der Waals surface area contributed by atoms with Gasteiger partial charge in [-0.3, -0.25) is 34.2 Å². The van der Waals surface area contributed by atoms with Crippen molar-refractivity contribution in [2.45, 2.75) is 31.7 Å². The maximum atomic E-state index is 12.4. The van der Waals surface area contributed by atoms with Crippen LogP contribution in [0.25, 0.3) is 0 Å². The van der Waals surface area contributed by atoms with Gasteiger partial charge >= 0.3 is 0 Å². The molecule has 2 aliphatic heterocycles.